The molecule has 0 radical (unpaired) electrons. The number of aryl methyl sites for hydroxylation is 1. The third-order valence-electron chi connectivity index (χ3n) is 5.53. The van der Waals surface area contributed by atoms with Gasteiger partial charge in [0.1, 0.15) is 17.1 Å². The summed E-state index contributed by atoms with van der Waals surface area (Å²) in [5.41, 5.74) is 1.41. The lowest BCUT2D eigenvalue weighted by Gasteiger charge is -2.39. The fraction of sp³-hybridized carbons (Fsp3) is 0.458. The van der Waals surface area contributed by atoms with Gasteiger partial charge in [-0.1, -0.05) is 43.7 Å². The van der Waals surface area contributed by atoms with Crippen molar-refractivity contribution in [2.75, 3.05) is 32.1 Å². The fourth-order valence-corrected chi connectivity index (χ4v) is 4.11. The van der Waals surface area contributed by atoms with E-state index in [0.29, 0.717) is 37.6 Å². The van der Waals surface area contributed by atoms with Gasteiger partial charge in [-0.15, -0.1) is 11.6 Å². The quantitative estimate of drug-likeness (QED) is 0.454. The van der Waals surface area contributed by atoms with Gasteiger partial charge in [0.2, 0.25) is 5.91 Å². The van der Waals surface area contributed by atoms with Crippen LogP contribution < -0.4 is 0 Å². The second-order valence-electron chi connectivity index (χ2n) is 7.87. The first-order valence-electron chi connectivity index (χ1n) is 11.2. The topological polar surface area (TPSA) is 92.7 Å². The van der Waals surface area contributed by atoms with Crippen LogP contribution in [-0.4, -0.2) is 75.7 Å². The first kappa shape index (κ1) is 24.6. The highest BCUT2D eigenvalue weighted by atomic mass is 35.5. The van der Waals surface area contributed by atoms with Crippen molar-refractivity contribution in [1.29, 1.82) is 0 Å². The van der Waals surface area contributed by atoms with E-state index >= 15 is 0 Å². The summed E-state index contributed by atoms with van der Waals surface area (Å²) in [5, 5.41) is 0. The number of carbonyl (C=O) groups excluding carboxylic acids is 3. The summed E-state index contributed by atoms with van der Waals surface area (Å²) in [7, 11) is 0. The molecule has 1 unspecified atom stereocenters. The van der Waals surface area contributed by atoms with Crippen LogP contribution in [0.5, 0.6) is 0 Å². The number of piperazine rings is 1. The molecule has 8 nitrogen and oxygen atoms in total. The van der Waals surface area contributed by atoms with Gasteiger partial charge in [-0.3, -0.25) is 9.59 Å². The zero-order valence-electron chi connectivity index (χ0n) is 19.2. The largest absolute Gasteiger partial charge is 0.462 e. The highest BCUT2D eigenvalue weighted by Crippen LogP contribution is 2.24. The van der Waals surface area contributed by atoms with E-state index < -0.39 is 5.97 Å². The molecule has 2 amide bonds. The lowest BCUT2D eigenvalue weighted by Crippen LogP contribution is -2.56. The number of amides is 2. The summed E-state index contributed by atoms with van der Waals surface area (Å²) in [4.78, 5) is 51.1. The second-order valence-corrected chi connectivity index (χ2v) is 8.14. The Bertz CT molecular complexity index is 1020. The summed E-state index contributed by atoms with van der Waals surface area (Å²) in [5.74, 6) is -0.854. The minimum Gasteiger partial charge on any atom is -0.462 e. The molecule has 1 aliphatic heterocycles. The van der Waals surface area contributed by atoms with Crippen LogP contribution in [0.4, 0.5) is 0 Å². The van der Waals surface area contributed by atoms with Crippen LogP contribution in [-0.2, 0) is 16.0 Å². The third-order valence-corrected chi connectivity index (χ3v) is 5.76. The normalized spacial score (nSPS) is 15.9. The summed E-state index contributed by atoms with van der Waals surface area (Å²) in [6.45, 7) is 6.75. The van der Waals surface area contributed by atoms with Gasteiger partial charge in [0.05, 0.1) is 12.3 Å². The summed E-state index contributed by atoms with van der Waals surface area (Å²) < 4.78 is 5.27. The average molecular weight is 473 g/mol. The van der Waals surface area contributed by atoms with Gasteiger partial charge in [0.25, 0.3) is 5.91 Å². The van der Waals surface area contributed by atoms with Crippen molar-refractivity contribution < 1.29 is 19.1 Å². The van der Waals surface area contributed by atoms with E-state index in [-0.39, 0.29) is 41.6 Å². The molecule has 0 N–H and O–H groups in total. The van der Waals surface area contributed by atoms with Crippen molar-refractivity contribution in [2.45, 2.75) is 39.7 Å². The molecule has 1 fully saturated rings. The zero-order chi connectivity index (χ0) is 24.0. The summed E-state index contributed by atoms with van der Waals surface area (Å²) >= 11 is 5.71. The lowest BCUT2D eigenvalue weighted by atomic mass is 10.0. The van der Waals surface area contributed by atoms with E-state index in [2.05, 4.69) is 9.97 Å². The van der Waals surface area contributed by atoms with Gasteiger partial charge < -0.3 is 14.5 Å². The SMILES string of the molecule is CCCc1nc(-c2ccccc2)nc(C(=O)N2CCN(C(=O)CCl)C(C)C2)c1C(=O)OCC. The van der Waals surface area contributed by atoms with Crippen LogP contribution in [0.2, 0.25) is 0 Å². The van der Waals surface area contributed by atoms with Gasteiger partial charge in [-0.25, -0.2) is 14.8 Å². The number of carbonyl (C=O) groups is 3. The molecule has 0 saturated carbocycles. The number of nitrogens with zero attached hydrogens (tertiary/aromatic N) is 4. The van der Waals surface area contributed by atoms with Gasteiger partial charge in [-0.05, 0) is 20.3 Å². The van der Waals surface area contributed by atoms with Crippen molar-refractivity contribution in [3.8, 4) is 11.4 Å². The number of rotatable bonds is 7. The molecule has 0 spiro atoms. The molecule has 0 bridgehead atoms. The van der Waals surface area contributed by atoms with Gasteiger partial charge in [0.15, 0.2) is 5.82 Å². The molecular formula is C24H29ClN4O4. The third kappa shape index (κ3) is 5.50. The van der Waals surface area contributed by atoms with E-state index in [4.69, 9.17) is 16.3 Å². The Kier molecular flexibility index (Phi) is 8.38. The lowest BCUT2D eigenvalue weighted by molar-refractivity contribution is -0.132. The standard InChI is InChI=1S/C24H29ClN4O4/c1-4-9-18-20(24(32)33-5-2)21(27-22(26-18)17-10-7-6-8-11-17)23(31)28-12-13-29(16(3)15-28)19(30)14-25/h6-8,10-11,16H,4-5,9,12-15H2,1-3H3. The van der Waals surface area contributed by atoms with Crippen LogP contribution in [0.3, 0.4) is 0 Å². The molecule has 2 aromatic rings. The van der Waals surface area contributed by atoms with Crippen molar-refractivity contribution in [1.82, 2.24) is 19.8 Å². The number of hydrogen-bond donors (Lipinski definition) is 0. The Morgan fingerprint density at radius 1 is 1.12 bits per heavy atom. The fourth-order valence-electron chi connectivity index (χ4n) is 3.95. The van der Waals surface area contributed by atoms with Crippen LogP contribution in [0.25, 0.3) is 11.4 Å². The van der Waals surface area contributed by atoms with E-state index in [0.717, 1.165) is 12.0 Å². The maximum Gasteiger partial charge on any atom is 0.342 e. The maximum atomic E-state index is 13.7. The molecule has 1 aliphatic rings. The maximum absolute atomic E-state index is 13.7. The van der Waals surface area contributed by atoms with Gasteiger partial charge in [0, 0.05) is 31.2 Å². The monoisotopic (exact) mass is 472 g/mol. The summed E-state index contributed by atoms with van der Waals surface area (Å²) in [6.07, 6.45) is 1.24. The number of hydrogen-bond acceptors (Lipinski definition) is 6. The first-order chi connectivity index (χ1) is 15.9. The molecule has 0 aliphatic carbocycles. The Morgan fingerprint density at radius 3 is 2.45 bits per heavy atom. The van der Waals surface area contributed by atoms with E-state index in [1.54, 1.807) is 16.7 Å². The van der Waals surface area contributed by atoms with Crippen molar-refractivity contribution in [3.63, 3.8) is 0 Å². The second kappa shape index (κ2) is 11.2. The number of benzene rings is 1. The minimum atomic E-state index is -0.604. The number of ether oxygens (including phenoxy) is 1. The number of esters is 1. The summed E-state index contributed by atoms with van der Waals surface area (Å²) in [6, 6.07) is 9.15. The number of halogens is 1. The molecular weight excluding hydrogens is 444 g/mol. The zero-order valence-corrected chi connectivity index (χ0v) is 20.0. The molecule has 1 saturated heterocycles. The average Bonchev–Trinajstić information content (AvgIpc) is 2.83. The number of alkyl halides is 1. The van der Waals surface area contributed by atoms with Crippen molar-refractivity contribution >= 4 is 29.4 Å². The first-order valence-corrected chi connectivity index (χ1v) is 11.7. The van der Waals surface area contributed by atoms with Crippen LogP contribution in [0.15, 0.2) is 30.3 Å². The molecule has 1 aromatic heterocycles. The highest BCUT2D eigenvalue weighted by molar-refractivity contribution is 6.27. The van der Waals surface area contributed by atoms with Gasteiger partial charge >= 0.3 is 5.97 Å². The smallest absolute Gasteiger partial charge is 0.342 e. The Labute approximate surface area is 198 Å². The van der Waals surface area contributed by atoms with E-state index in [1.807, 2.05) is 44.2 Å². The molecule has 1 atom stereocenters. The minimum absolute atomic E-state index is 0.0371. The van der Waals surface area contributed by atoms with Crippen LogP contribution in [0.1, 0.15) is 53.7 Å². The molecule has 3 rings (SSSR count). The number of aromatic nitrogens is 2. The Morgan fingerprint density at radius 2 is 1.85 bits per heavy atom. The van der Waals surface area contributed by atoms with E-state index in [1.165, 1.54) is 0 Å². The molecule has 2 heterocycles. The molecule has 1 aromatic carbocycles. The molecule has 176 valence electrons. The van der Waals surface area contributed by atoms with Gasteiger partial charge in [-0.2, -0.15) is 0 Å². The Balaban J connectivity index is 2.06. The van der Waals surface area contributed by atoms with Crippen molar-refractivity contribution in [2.24, 2.45) is 0 Å². The van der Waals surface area contributed by atoms with Crippen LogP contribution in [0, 0.1) is 0 Å². The molecule has 9 heteroatoms. The molecule has 33 heavy (non-hydrogen) atoms. The Hall–Kier alpha value is -3.00. The highest BCUT2D eigenvalue weighted by Gasteiger charge is 2.34. The van der Waals surface area contributed by atoms with E-state index in [9.17, 15) is 14.4 Å². The predicted octanol–water partition coefficient (Wildman–Crippen LogP) is 3.18. The predicted molar refractivity (Wildman–Crippen MR) is 125 cm³/mol. The van der Waals surface area contributed by atoms with Crippen molar-refractivity contribution in [3.05, 3.63) is 47.3 Å². The van der Waals surface area contributed by atoms with Crippen LogP contribution >= 0.6 is 11.6 Å².